The molecule has 1 aliphatic carbocycles. The normalized spacial score (nSPS) is 33.4. The first kappa shape index (κ1) is 58.4. The van der Waals surface area contributed by atoms with Gasteiger partial charge in [0.1, 0.15) is 36.2 Å². The highest BCUT2D eigenvalue weighted by molar-refractivity contribution is 6.39. The Labute approximate surface area is 433 Å². The average Bonchev–Trinajstić information content (AvgIpc) is 3.37. The van der Waals surface area contributed by atoms with E-state index in [2.05, 4.69) is 37.1 Å². The molecule has 408 valence electrons. The number of esters is 1. The van der Waals surface area contributed by atoms with Gasteiger partial charge in [-0.1, -0.05) is 64.5 Å². The number of fused-ring (bicyclic) bond motifs is 1. The van der Waals surface area contributed by atoms with E-state index in [9.17, 15) is 39.3 Å². The number of ketones is 3. The number of rotatable bonds is 22. The molecule has 1 unspecified atom stereocenters. The molecular formula is C57H86N2O14. The van der Waals surface area contributed by atoms with Crippen molar-refractivity contribution in [1.82, 2.24) is 4.90 Å². The number of aliphatic hydroxyl groups is 3. The number of hydrogen-bond donors (Lipinski definition) is 3. The van der Waals surface area contributed by atoms with Gasteiger partial charge in [-0.2, -0.15) is 0 Å². The number of amides is 1. The minimum Gasteiger partial charge on any atom is -0.460 e. The molecule has 1 aromatic carbocycles. The summed E-state index contributed by atoms with van der Waals surface area (Å²) in [6.07, 6.45) is 6.48. The fourth-order valence-electron chi connectivity index (χ4n) is 12.6. The minimum absolute atomic E-state index is 0.0443. The van der Waals surface area contributed by atoms with Gasteiger partial charge < -0.3 is 43.9 Å². The number of anilines is 1. The van der Waals surface area contributed by atoms with Gasteiger partial charge in [0.15, 0.2) is 5.78 Å². The second-order valence-electron chi connectivity index (χ2n) is 22.1. The fraction of sp³-hybridized carbons (Fsp3) is 0.737. The van der Waals surface area contributed by atoms with E-state index >= 15 is 0 Å². The summed E-state index contributed by atoms with van der Waals surface area (Å²) in [5.41, 5.74) is 2.32. The van der Waals surface area contributed by atoms with Crippen LogP contribution in [0.5, 0.6) is 0 Å². The first-order valence-corrected chi connectivity index (χ1v) is 27.1. The smallest absolute Gasteiger partial charge is 0.329 e. The van der Waals surface area contributed by atoms with Crippen molar-refractivity contribution < 1.29 is 67.8 Å². The van der Waals surface area contributed by atoms with Crippen molar-refractivity contribution in [1.29, 1.82) is 0 Å². The van der Waals surface area contributed by atoms with E-state index in [4.69, 9.17) is 28.5 Å². The number of hydroxylamine groups is 1. The van der Waals surface area contributed by atoms with Crippen LogP contribution >= 0.6 is 0 Å². The van der Waals surface area contributed by atoms with Crippen molar-refractivity contribution in [3.63, 3.8) is 0 Å². The Balaban J connectivity index is 1.17. The number of aliphatic hydroxyl groups excluding tert-OH is 2. The number of hydrogen-bond acceptors (Lipinski definition) is 15. The topological polar surface area (TPSA) is 208 Å². The Morgan fingerprint density at radius 2 is 1.67 bits per heavy atom. The number of cyclic esters (lactones) is 1. The summed E-state index contributed by atoms with van der Waals surface area (Å²) < 4.78 is 29.4. The van der Waals surface area contributed by atoms with Crippen LogP contribution in [0.25, 0.3) is 0 Å². The van der Waals surface area contributed by atoms with Gasteiger partial charge in [0.05, 0.1) is 36.1 Å². The molecule has 4 heterocycles. The van der Waals surface area contributed by atoms with Crippen molar-refractivity contribution >= 4 is 34.9 Å². The van der Waals surface area contributed by atoms with Crippen molar-refractivity contribution in [2.24, 2.45) is 35.5 Å². The van der Waals surface area contributed by atoms with Crippen LogP contribution < -0.4 is 5.06 Å². The van der Waals surface area contributed by atoms with Crippen molar-refractivity contribution in [2.45, 2.75) is 205 Å². The van der Waals surface area contributed by atoms with Gasteiger partial charge in [0.2, 0.25) is 5.79 Å². The molecular weight excluding hydrogens is 937 g/mol. The maximum Gasteiger partial charge on any atom is 0.329 e. The summed E-state index contributed by atoms with van der Waals surface area (Å²) in [7, 11) is 4.51. The van der Waals surface area contributed by atoms with Crippen LogP contribution in [-0.4, -0.2) is 144 Å². The molecule has 73 heavy (non-hydrogen) atoms. The van der Waals surface area contributed by atoms with E-state index < -0.39 is 95.9 Å². The average molecular weight is 1020 g/mol. The molecule has 16 nitrogen and oxygen atoms in total. The number of likely N-dealkylation sites (tertiary alicyclic amines) is 1. The van der Waals surface area contributed by atoms with Crippen LogP contribution in [0.15, 0.2) is 53.6 Å². The molecule has 4 saturated heterocycles. The number of Topliss-reactive ketones (excluding diaryl/α,β-unsaturated/α-hetero) is 3. The molecule has 3 N–H and O–H groups in total. The highest BCUT2D eigenvalue weighted by Gasteiger charge is 2.57. The molecule has 0 aromatic heterocycles. The molecule has 0 bridgehead atoms. The van der Waals surface area contributed by atoms with Gasteiger partial charge in [0, 0.05) is 58.5 Å². The number of carbonyl (C=O) groups excluding carboxylic acids is 5. The zero-order valence-corrected chi connectivity index (χ0v) is 45.1. The van der Waals surface area contributed by atoms with Crippen LogP contribution in [0.1, 0.15) is 138 Å². The molecule has 5 fully saturated rings. The fourth-order valence-corrected chi connectivity index (χ4v) is 12.6. The number of para-hydroxylation sites is 1. The Morgan fingerprint density at radius 1 is 0.945 bits per heavy atom. The second-order valence-corrected chi connectivity index (χ2v) is 22.1. The molecule has 0 radical (unpaired) electrons. The van der Waals surface area contributed by atoms with Crippen LogP contribution in [0.2, 0.25) is 0 Å². The third-order valence-electron chi connectivity index (χ3n) is 17.0. The zero-order valence-electron chi connectivity index (χ0n) is 45.1. The molecule has 0 spiro atoms. The SMILES string of the molecule is CCC[C@H](C)[C@@H]1CC[C@H](/C=C(\C)[C@H](C[C@@H]2CC[C@@H](C)[C@](O)(C(=O)C(=O)N3CCCC4[C@H]3C(=O)O[C@@H](CC(=O)[C@H](C)/C=C(\C)[C@@H](O)[C@@H](OC)C(C)=O)[C@H]4C[C@@H]3CC[C@@H](O)[C@H](OC)C3)O2)OC)ON1c1ccccc1. The maximum atomic E-state index is 14.6. The summed E-state index contributed by atoms with van der Waals surface area (Å²) in [6, 6.07) is 9.25. The Hall–Kier alpha value is -3.87. The van der Waals surface area contributed by atoms with Crippen molar-refractivity contribution in [3.05, 3.63) is 53.6 Å². The summed E-state index contributed by atoms with van der Waals surface area (Å²) in [4.78, 5) is 77.6. The van der Waals surface area contributed by atoms with E-state index in [1.54, 1.807) is 41.1 Å². The summed E-state index contributed by atoms with van der Waals surface area (Å²) >= 11 is 0. The van der Waals surface area contributed by atoms with Crippen LogP contribution in [0.3, 0.4) is 0 Å². The Kier molecular flexibility index (Phi) is 21.0. The Bertz CT molecular complexity index is 2100. The van der Waals surface area contributed by atoms with Gasteiger partial charge in [-0.3, -0.25) is 29.1 Å². The Morgan fingerprint density at radius 3 is 2.33 bits per heavy atom. The number of benzene rings is 1. The quantitative estimate of drug-likeness (QED) is 0.0605. The number of allylic oxidation sites excluding steroid dienone is 1. The van der Waals surface area contributed by atoms with Gasteiger partial charge in [-0.15, -0.1) is 0 Å². The van der Waals surface area contributed by atoms with Gasteiger partial charge >= 0.3 is 5.97 Å². The number of ether oxygens (including phenoxy) is 5. The predicted octanol–water partition coefficient (Wildman–Crippen LogP) is 7.04. The zero-order chi connectivity index (χ0) is 53.3. The van der Waals surface area contributed by atoms with E-state index in [0.29, 0.717) is 69.3 Å². The molecule has 1 amide bonds. The van der Waals surface area contributed by atoms with Crippen molar-refractivity contribution in [3.8, 4) is 0 Å². The summed E-state index contributed by atoms with van der Waals surface area (Å²) in [5.74, 6) is -7.81. The molecule has 4 aliphatic heterocycles. The van der Waals surface area contributed by atoms with Crippen LogP contribution in [0, 0.1) is 35.5 Å². The van der Waals surface area contributed by atoms with Crippen LogP contribution in [-0.2, 0) is 52.5 Å². The van der Waals surface area contributed by atoms with Crippen LogP contribution in [0.4, 0.5) is 5.69 Å². The molecule has 1 saturated carbocycles. The molecule has 1 aromatic rings. The predicted molar refractivity (Wildman–Crippen MR) is 274 cm³/mol. The lowest BCUT2D eigenvalue weighted by Gasteiger charge is -2.50. The lowest BCUT2D eigenvalue weighted by Crippen LogP contribution is -2.65. The highest BCUT2D eigenvalue weighted by Crippen LogP contribution is 2.45. The van der Waals surface area contributed by atoms with Crippen molar-refractivity contribution in [2.75, 3.05) is 32.9 Å². The first-order chi connectivity index (χ1) is 34.8. The van der Waals surface area contributed by atoms with E-state index in [0.717, 1.165) is 36.9 Å². The maximum absolute atomic E-state index is 14.6. The highest BCUT2D eigenvalue weighted by atomic mass is 16.7. The summed E-state index contributed by atoms with van der Waals surface area (Å²) in [6.45, 7) is 12.9. The molecule has 16 heteroatoms. The monoisotopic (exact) mass is 1020 g/mol. The largest absolute Gasteiger partial charge is 0.460 e. The number of nitrogens with zero attached hydrogens (tertiary/aromatic N) is 2. The number of carbonyl (C=O) groups is 5. The second kappa shape index (κ2) is 26.3. The third kappa shape index (κ3) is 13.8. The minimum atomic E-state index is -2.47. The standard InChI is InChI=1S/C57H86N2O14/c1-11-16-33(2)45-24-23-42(73-59(45)40-17-13-12-14-18-40)28-35(4)48(68-8)31-41-22-20-37(6)57(67,72-41)54(64)55(65)58-26-15-19-43-44(29-39-21-25-46(61)50(30-39)69-9)49(71-56(66)51(43)58)32-47(62)34(3)27-36(5)52(63)53(70-10)38(7)60/h12-14,17-18,27-28,33-34,37,39,41-46,48-53,61,63,67H,11,15-16,19-26,29-32H2,1-10H3/b35-28+,36-27+/t33-,34+,37+,39-,41-,42+,43?,44-,45-,46+,48-,49-,50+,51-,52+,53-,57+/m0/s1. The number of methoxy groups -OCH3 is 3. The van der Waals surface area contributed by atoms with Gasteiger partial charge in [-0.25, -0.2) is 4.79 Å². The van der Waals surface area contributed by atoms with E-state index in [-0.39, 0.29) is 42.6 Å². The van der Waals surface area contributed by atoms with E-state index in [1.165, 1.54) is 18.9 Å². The lowest BCUT2D eigenvalue weighted by molar-refractivity contribution is -0.266. The molecule has 17 atom stereocenters. The lowest BCUT2D eigenvalue weighted by atomic mass is 9.68. The van der Waals surface area contributed by atoms with Gasteiger partial charge in [-0.05, 0) is 132 Å². The third-order valence-corrected chi connectivity index (χ3v) is 17.0. The van der Waals surface area contributed by atoms with E-state index in [1.807, 2.05) is 25.1 Å². The van der Waals surface area contributed by atoms with Gasteiger partial charge in [0.25, 0.3) is 11.7 Å². The number of piperidine rings is 1. The summed E-state index contributed by atoms with van der Waals surface area (Å²) in [5, 5.41) is 35.8. The molecule has 6 rings (SSSR count). The first-order valence-electron chi connectivity index (χ1n) is 27.1. The molecule has 5 aliphatic rings.